The highest BCUT2D eigenvalue weighted by Crippen LogP contribution is 2.25. The fraction of sp³-hybridized carbons (Fsp3) is 0.348. The number of hydrogen-bond acceptors (Lipinski definition) is 7. The monoisotopic (exact) mass is 454 g/mol. The van der Waals surface area contributed by atoms with Gasteiger partial charge in [-0.05, 0) is 19.1 Å². The Kier molecular flexibility index (Phi) is 6.38. The zero-order chi connectivity index (χ0) is 22.7. The number of amides is 1. The molecule has 1 fully saturated rings. The molecular weight excluding hydrogens is 428 g/mol. The lowest BCUT2D eigenvalue weighted by Crippen LogP contribution is -2.49. The van der Waals surface area contributed by atoms with Gasteiger partial charge in [-0.2, -0.15) is 4.98 Å². The van der Waals surface area contributed by atoms with Crippen molar-refractivity contribution >= 4 is 15.7 Å². The third-order valence-corrected chi connectivity index (χ3v) is 7.60. The Morgan fingerprint density at radius 2 is 1.69 bits per heavy atom. The lowest BCUT2D eigenvalue weighted by molar-refractivity contribution is 0.0548. The first-order chi connectivity index (χ1) is 15.4. The summed E-state index contributed by atoms with van der Waals surface area (Å²) in [5, 5.41) is 4.09. The van der Waals surface area contributed by atoms with Crippen LogP contribution in [0.15, 0.2) is 64.0 Å². The molecule has 0 spiro atoms. The zero-order valence-electron chi connectivity index (χ0n) is 18.1. The number of rotatable bonds is 6. The summed E-state index contributed by atoms with van der Waals surface area (Å²) >= 11 is 0. The summed E-state index contributed by atoms with van der Waals surface area (Å²) in [4.78, 5) is 21.6. The minimum absolute atomic E-state index is 0.0439. The molecule has 0 saturated carbocycles. The summed E-state index contributed by atoms with van der Waals surface area (Å²) in [6.07, 6.45) is 0. The van der Waals surface area contributed by atoms with Gasteiger partial charge in [0.05, 0.1) is 22.3 Å². The standard InChI is InChI=1S/C23H26N4O4S/c1-3-32(29,30)20-12-8-7-11-19(20)23(28)27-15-13-26(14-16-27)17(2)22-24-21(25-31-22)18-9-5-4-6-10-18/h4-12,17H,3,13-16H2,1-2H3. The third kappa shape index (κ3) is 4.44. The van der Waals surface area contributed by atoms with Gasteiger partial charge in [0.25, 0.3) is 5.91 Å². The normalized spacial score (nSPS) is 16.1. The molecule has 2 aromatic carbocycles. The van der Waals surface area contributed by atoms with Crippen LogP contribution in [0, 0.1) is 0 Å². The highest BCUT2D eigenvalue weighted by Gasteiger charge is 2.30. The second kappa shape index (κ2) is 9.22. The molecule has 9 heteroatoms. The van der Waals surface area contributed by atoms with E-state index in [1.165, 1.54) is 6.07 Å². The van der Waals surface area contributed by atoms with E-state index in [-0.39, 0.29) is 28.2 Å². The minimum atomic E-state index is -3.48. The van der Waals surface area contributed by atoms with Crippen LogP contribution in [0.4, 0.5) is 0 Å². The lowest BCUT2D eigenvalue weighted by Gasteiger charge is -2.37. The third-order valence-electron chi connectivity index (χ3n) is 5.81. The van der Waals surface area contributed by atoms with Crippen molar-refractivity contribution < 1.29 is 17.7 Å². The summed E-state index contributed by atoms with van der Waals surface area (Å²) in [5.41, 5.74) is 1.13. The predicted octanol–water partition coefficient (Wildman–Crippen LogP) is 3.05. The molecule has 0 N–H and O–H groups in total. The van der Waals surface area contributed by atoms with Gasteiger partial charge in [0.1, 0.15) is 0 Å². The number of aromatic nitrogens is 2. The average molecular weight is 455 g/mol. The first kappa shape index (κ1) is 22.2. The smallest absolute Gasteiger partial charge is 0.255 e. The maximum Gasteiger partial charge on any atom is 0.255 e. The largest absolute Gasteiger partial charge is 0.337 e. The molecule has 3 aromatic rings. The maximum atomic E-state index is 13.1. The molecule has 0 aliphatic carbocycles. The molecule has 1 unspecified atom stereocenters. The van der Waals surface area contributed by atoms with E-state index in [9.17, 15) is 13.2 Å². The van der Waals surface area contributed by atoms with Crippen LogP contribution < -0.4 is 0 Å². The molecule has 1 aliphatic rings. The van der Waals surface area contributed by atoms with Crippen LogP contribution in [-0.2, 0) is 9.84 Å². The zero-order valence-corrected chi connectivity index (χ0v) is 19.0. The van der Waals surface area contributed by atoms with Gasteiger partial charge < -0.3 is 9.42 Å². The molecule has 0 radical (unpaired) electrons. The van der Waals surface area contributed by atoms with Gasteiger partial charge >= 0.3 is 0 Å². The van der Waals surface area contributed by atoms with Gasteiger partial charge in [-0.1, -0.05) is 54.5 Å². The molecule has 1 aromatic heterocycles. The molecule has 32 heavy (non-hydrogen) atoms. The average Bonchev–Trinajstić information content (AvgIpc) is 3.34. The highest BCUT2D eigenvalue weighted by molar-refractivity contribution is 7.91. The fourth-order valence-electron chi connectivity index (χ4n) is 3.82. The number of piperazine rings is 1. The Labute approximate surface area is 187 Å². The Morgan fingerprint density at radius 3 is 2.38 bits per heavy atom. The first-order valence-corrected chi connectivity index (χ1v) is 12.3. The quantitative estimate of drug-likeness (QED) is 0.565. The van der Waals surface area contributed by atoms with E-state index in [0.29, 0.717) is 37.9 Å². The summed E-state index contributed by atoms with van der Waals surface area (Å²) in [6.45, 7) is 5.81. The van der Waals surface area contributed by atoms with E-state index in [2.05, 4.69) is 15.0 Å². The van der Waals surface area contributed by atoms with Crippen LogP contribution in [0.3, 0.4) is 0 Å². The molecule has 0 bridgehead atoms. The van der Waals surface area contributed by atoms with Crippen LogP contribution in [0.1, 0.15) is 36.1 Å². The molecule has 1 saturated heterocycles. The van der Waals surface area contributed by atoms with Crippen LogP contribution in [0.2, 0.25) is 0 Å². The first-order valence-electron chi connectivity index (χ1n) is 10.6. The van der Waals surface area contributed by atoms with Crippen molar-refractivity contribution in [2.24, 2.45) is 0 Å². The van der Waals surface area contributed by atoms with E-state index in [0.717, 1.165) is 5.56 Å². The van der Waals surface area contributed by atoms with Crippen molar-refractivity contribution in [3.05, 3.63) is 66.1 Å². The molecular formula is C23H26N4O4S. The van der Waals surface area contributed by atoms with E-state index in [1.54, 1.807) is 30.0 Å². The Bertz CT molecular complexity index is 1190. The number of benzene rings is 2. The molecule has 2 heterocycles. The van der Waals surface area contributed by atoms with Gasteiger partial charge in [-0.15, -0.1) is 0 Å². The number of carbonyl (C=O) groups excluding carboxylic acids is 1. The minimum Gasteiger partial charge on any atom is -0.337 e. The number of carbonyl (C=O) groups is 1. The number of hydrogen-bond donors (Lipinski definition) is 0. The van der Waals surface area contributed by atoms with E-state index >= 15 is 0 Å². The van der Waals surface area contributed by atoms with Crippen molar-refractivity contribution in [1.82, 2.24) is 19.9 Å². The van der Waals surface area contributed by atoms with Crippen LogP contribution in [-0.4, -0.2) is 66.2 Å². The van der Waals surface area contributed by atoms with Gasteiger partial charge in [0, 0.05) is 31.7 Å². The summed E-state index contributed by atoms with van der Waals surface area (Å²) in [5.74, 6) is 0.782. The molecule has 1 aliphatic heterocycles. The van der Waals surface area contributed by atoms with Crippen molar-refractivity contribution in [3.63, 3.8) is 0 Å². The van der Waals surface area contributed by atoms with Crippen molar-refractivity contribution in [1.29, 1.82) is 0 Å². The summed E-state index contributed by atoms with van der Waals surface area (Å²) < 4.78 is 30.3. The SMILES string of the molecule is CCS(=O)(=O)c1ccccc1C(=O)N1CCN(C(C)c2nc(-c3ccccc3)no2)CC1. The van der Waals surface area contributed by atoms with E-state index in [1.807, 2.05) is 37.3 Å². The van der Waals surface area contributed by atoms with E-state index in [4.69, 9.17) is 4.52 Å². The van der Waals surface area contributed by atoms with Crippen LogP contribution in [0.25, 0.3) is 11.4 Å². The van der Waals surface area contributed by atoms with Crippen molar-refractivity contribution in [2.75, 3.05) is 31.9 Å². The Morgan fingerprint density at radius 1 is 1.03 bits per heavy atom. The molecule has 1 amide bonds. The molecule has 168 valence electrons. The fourth-order valence-corrected chi connectivity index (χ4v) is 4.91. The second-order valence-electron chi connectivity index (χ2n) is 7.73. The molecule has 8 nitrogen and oxygen atoms in total. The van der Waals surface area contributed by atoms with Gasteiger partial charge in [0.2, 0.25) is 11.7 Å². The second-order valence-corrected chi connectivity index (χ2v) is 9.97. The Balaban J connectivity index is 1.43. The van der Waals surface area contributed by atoms with Crippen LogP contribution >= 0.6 is 0 Å². The highest BCUT2D eigenvalue weighted by atomic mass is 32.2. The number of sulfone groups is 1. The molecule has 1 atom stereocenters. The van der Waals surface area contributed by atoms with Gasteiger partial charge in [0.15, 0.2) is 9.84 Å². The van der Waals surface area contributed by atoms with Crippen molar-refractivity contribution in [3.8, 4) is 11.4 Å². The van der Waals surface area contributed by atoms with E-state index < -0.39 is 9.84 Å². The van der Waals surface area contributed by atoms with Crippen LogP contribution in [0.5, 0.6) is 0 Å². The topological polar surface area (TPSA) is 96.6 Å². The number of nitrogens with zero attached hydrogens (tertiary/aromatic N) is 4. The summed E-state index contributed by atoms with van der Waals surface area (Å²) in [7, 11) is -3.48. The van der Waals surface area contributed by atoms with Gasteiger partial charge in [-0.25, -0.2) is 8.42 Å². The lowest BCUT2D eigenvalue weighted by atomic mass is 10.1. The van der Waals surface area contributed by atoms with Crippen molar-refractivity contribution in [2.45, 2.75) is 24.8 Å². The predicted molar refractivity (Wildman–Crippen MR) is 120 cm³/mol. The summed E-state index contributed by atoms with van der Waals surface area (Å²) in [6, 6.07) is 16.0. The van der Waals surface area contributed by atoms with Gasteiger partial charge in [-0.3, -0.25) is 9.69 Å². The molecule has 4 rings (SSSR count). The maximum absolute atomic E-state index is 13.1. The Hall–Kier alpha value is -3.04.